The Kier molecular flexibility index (Phi) is 5.96. The SMILES string of the molecule is O=C(c1cc2ccccc2oc1=O)N(CCc1ccccc1)Cc1ccc(Cl)cc1. The summed E-state index contributed by atoms with van der Waals surface area (Å²) in [5.74, 6) is -0.347. The molecule has 4 rings (SSSR count). The molecule has 0 aliphatic carbocycles. The summed E-state index contributed by atoms with van der Waals surface area (Å²) in [4.78, 5) is 27.5. The fourth-order valence-electron chi connectivity index (χ4n) is 3.35. The second-order valence-electron chi connectivity index (χ2n) is 7.07. The first-order valence-corrected chi connectivity index (χ1v) is 10.1. The molecule has 0 N–H and O–H groups in total. The second-order valence-corrected chi connectivity index (χ2v) is 7.51. The van der Waals surface area contributed by atoms with E-state index in [9.17, 15) is 9.59 Å². The molecule has 0 bridgehead atoms. The average Bonchev–Trinajstić information content (AvgIpc) is 2.77. The number of nitrogens with zero attached hydrogens (tertiary/aromatic N) is 1. The number of rotatable bonds is 6. The largest absolute Gasteiger partial charge is 0.422 e. The topological polar surface area (TPSA) is 50.5 Å². The molecule has 0 radical (unpaired) electrons. The van der Waals surface area contributed by atoms with E-state index in [4.69, 9.17) is 16.0 Å². The molecule has 3 aromatic carbocycles. The monoisotopic (exact) mass is 417 g/mol. The van der Waals surface area contributed by atoms with Gasteiger partial charge in [0.2, 0.25) is 0 Å². The summed E-state index contributed by atoms with van der Waals surface area (Å²) in [5, 5.41) is 1.35. The standard InChI is InChI=1S/C25H20ClNO3/c26-21-12-10-19(11-13-21)17-27(15-14-18-6-2-1-3-7-18)24(28)22-16-20-8-4-5-9-23(20)30-25(22)29/h1-13,16H,14-15,17H2. The van der Waals surface area contributed by atoms with Gasteiger partial charge in [0.1, 0.15) is 11.1 Å². The van der Waals surface area contributed by atoms with Gasteiger partial charge in [-0.1, -0.05) is 72.3 Å². The van der Waals surface area contributed by atoms with E-state index in [0.29, 0.717) is 30.1 Å². The van der Waals surface area contributed by atoms with Crippen LogP contribution in [0.25, 0.3) is 11.0 Å². The second kappa shape index (κ2) is 8.97. The summed E-state index contributed by atoms with van der Waals surface area (Å²) < 4.78 is 5.37. The molecule has 1 aromatic heterocycles. The first-order chi connectivity index (χ1) is 14.6. The molecule has 0 spiro atoms. The molecule has 1 amide bonds. The van der Waals surface area contributed by atoms with Gasteiger partial charge in [-0.3, -0.25) is 4.79 Å². The number of carbonyl (C=O) groups is 1. The summed E-state index contributed by atoms with van der Waals surface area (Å²) in [7, 11) is 0. The number of para-hydroxylation sites is 1. The van der Waals surface area contributed by atoms with Crippen LogP contribution >= 0.6 is 11.6 Å². The van der Waals surface area contributed by atoms with Crippen LogP contribution in [0, 0.1) is 0 Å². The molecule has 0 saturated carbocycles. The highest BCUT2D eigenvalue weighted by atomic mass is 35.5. The normalized spacial score (nSPS) is 10.8. The lowest BCUT2D eigenvalue weighted by atomic mass is 10.1. The van der Waals surface area contributed by atoms with Crippen LogP contribution in [0.15, 0.2) is 94.1 Å². The molecule has 0 aliphatic rings. The number of halogens is 1. The molecule has 0 saturated heterocycles. The first kappa shape index (κ1) is 19.9. The van der Waals surface area contributed by atoms with Gasteiger partial charge in [0.05, 0.1) is 0 Å². The molecule has 4 nitrogen and oxygen atoms in total. The summed E-state index contributed by atoms with van der Waals surface area (Å²) in [6.07, 6.45) is 0.680. The van der Waals surface area contributed by atoms with E-state index in [1.165, 1.54) is 0 Å². The van der Waals surface area contributed by atoms with Gasteiger partial charge in [-0.25, -0.2) is 4.79 Å². The molecule has 0 aliphatic heterocycles. The highest BCUT2D eigenvalue weighted by Gasteiger charge is 2.21. The zero-order chi connectivity index (χ0) is 20.9. The van der Waals surface area contributed by atoms with Crippen molar-refractivity contribution in [3.8, 4) is 0 Å². The Morgan fingerprint density at radius 1 is 0.867 bits per heavy atom. The molecule has 1 heterocycles. The quantitative estimate of drug-likeness (QED) is 0.398. The summed E-state index contributed by atoms with van der Waals surface area (Å²) in [6.45, 7) is 0.840. The Morgan fingerprint density at radius 3 is 2.33 bits per heavy atom. The van der Waals surface area contributed by atoms with Crippen molar-refractivity contribution in [3.63, 3.8) is 0 Å². The maximum absolute atomic E-state index is 13.3. The fraction of sp³-hybridized carbons (Fsp3) is 0.120. The molecule has 0 unspecified atom stereocenters. The van der Waals surface area contributed by atoms with Gasteiger partial charge in [-0.2, -0.15) is 0 Å². The number of carbonyl (C=O) groups excluding carboxylic acids is 1. The Morgan fingerprint density at radius 2 is 1.57 bits per heavy atom. The van der Waals surface area contributed by atoms with Crippen molar-refractivity contribution < 1.29 is 9.21 Å². The molecule has 30 heavy (non-hydrogen) atoms. The van der Waals surface area contributed by atoms with Crippen LogP contribution < -0.4 is 5.63 Å². The van der Waals surface area contributed by atoms with Crippen LogP contribution in [0.3, 0.4) is 0 Å². The van der Waals surface area contributed by atoms with Gasteiger partial charge < -0.3 is 9.32 Å². The van der Waals surface area contributed by atoms with Crippen LogP contribution in [-0.2, 0) is 13.0 Å². The minimum atomic E-state index is -0.625. The molecule has 0 atom stereocenters. The predicted octanol–water partition coefficient (Wildman–Crippen LogP) is 5.33. The molecule has 5 heteroatoms. The molecular formula is C25H20ClNO3. The van der Waals surface area contributed by atoms with E-state index in [0.717, 1.165) is 16.5 Å². The lowest BCUT2D eigenvalue weighted by Gasteiger charge is -2.23. The first-order valence-electron chi connectivity index (χ1n) is 9.71. The zero-order valence-corrected chi connectivity index (χ0v) is 17.0. The third kappa shape index (κ3) is 4.61. The third-order valence-electron chi connectivity index (χ3n) is 4.96. The smallest absolute Gasteiger partial charge is 0.349 e. The van der Waals surface area contributed by atoms with Crippen LogP contribution in [0.1, 0.15) is 21.5 Å². The summed E-state index contributed by atoms with van der Waals surface area (Å²) in [5.41, 5.74) is 1.94. The Bertz CT molecular complexity index is 1220. The van der Waals surface area contributed by atoms with Gasteiger partial charge in [-0.15, -0.1) is 0 Å². The van der Waals surface area contributed by atoms with Gasteiger partial charge in [-0.05, 0) is 41.8 Å². The van der Waals surface area contributed by atoms with Crippen molar-refractivity contribution in [2.45, 2.75) is 13.0 Å². The minimum Gasteiger partial charge on any atom is -0.422 e. The van der Waals surface area contributed by atoms with Gasteiger partial charge in [0.15, 0.2) is 0 Å². The van der Waals surface area contributed by atoms with Crippen molar-refractivity contribution in [2.75, 3.05) is 6.54 Å². The van der Waals surface area contributed by atoms with E-state index in [2.05, 4.69) is 0 Å². The Labute approximate surface area is 179 Å². The van der Waals surface area contributed by atoms with Crippen LogP contribution in [0.2, 0.25) is 5.02 Å². The van der Waals surface area contributed by atoms with Crippen molar-refractivity contribution in [1.82, 2.24) is 4.90 Å². The van der Waals surface area contributed by atoms with Crippen molar-refractivity contribution in [1.29, 1.82) is 0 Å². The molecular weight excluding hydrogens is 398 g/mol. The number of amides is 1. The van der Waals surface area contributed by atoms with Gasteiger partial charge >= 0.3 is 5.63 Å². The number of benzene rings is 3. The Balaban J connectivity index is 1.65. The van der Waals surface area contributed by atoms with E-state index in [-0.39, 0.29) is 11.5 Å². The fourth-order valence-corrected chi connectivity index (χ4v) is 3.48. The zero-order valence-electron chi connectivity index (χ0n) is 16.3. The maximum Gasteiger partial charge on any atom is 0.349 e. The van der Waals surface area contributed by atoms with Crippen molar-refractivity contribution >= 4 is 28.5 Å². The molecule has 0 fully saturated rings. The van der Waals surface area contributed by atoms with E-state index < -0.39 is 5.63 Å². The lowest BCUT2D eigenvalue weighted by Crippen LogP contribution is -2.35. The van der Waals surface area contributed by atoms with E-state index in [1.807, 2.05) is 54.6 Å². The highest BCUT2D eigenvalue weighted by molar-refractivity contribution is 6.30. The van der Waals surface area contributed by atoms with Crippen LogP contribution in [0.5, 0.6) is 0 Å². The molecule has 4 aromatic rings. The Hall–Kier alpha value is -3.37. The van der Waals surface area contributed by atoms with Crippen molar-refractivity contribution in [3.05, 3.63) is 117 Å². The number of hydrogen-bond acceptors (Lipinski definition) is 3. The van der Waals surface area contributed by atoms with Crippen molar-refractivity contribution in [2.24, 2.45) is 0 Å². The van der Waals surface area contributed by atoms with Gasteiger partial charge in [0.25, 0.3) is 5.91 Å². The number of hydrogen-bond donors (Lipinski definition) is 0. The van der Waals surface area contributed by atoms with Crippen LogP contribution in [0.4, 0.5) is 0 Å². The highest BCUT2D eigenvalue weighted by Crippen LogP contribution is 2.17. The van der Waals surface area contributed by atoms with E-state index in [1.54, 1.807) is 35.2 Å². The number of fused-ring (bicyclic) bond motifs is 1. The molecule has 150 valence electrons. The summed E-state index contributed by atoms with van der Waals surface area (Å²) >= 11 is 5.99. The third-order valence-corrected chi connectivity index (χ3v) is 5.21. The van der Waals surface area contributed by atoms with Crippen LogP contribution in [-0.4, -0.2) is 17.4 Å². The lowest BCUT2D eigenvalue weighted by molar-refractivity contribution is 0.0741. The summed E-state index contributed by atoms with van der Waals surface area (Å²) in [6, 6.07) is 26.1. The maximum atomic E-state index is 13.3. The minimum absolute atomic E-state index is 0.0377. The van der Waals surface area contributed by atoms with Gasteiger partial charge in [0, 0.05) is 23.5 Å². The average molecular weight is 418 g/mol. The predicted molar refractivity (Wildman–Crippen MR) is 119 cm³/mol. The van der Waals surface area contributed by atoms with E-state index >= 15 is 0 Å².